The molecule has 0 bridgehead atoms. The van der Waals surface area contributed by atoms with Gasteiger partial charge < -0.3 is 10.5 Å². The van der Waals surface area contributed by atoms with Gasteiger partial charge in [-0.25, -0.2) is 8.42 Å². The molecule has 2 aromatic carbocycles. The SMILES string of the molecule is Cc1cc(C(C)(C)C)cc(C)c1S(=O)(=O)Nc1cccc(OCC(N)=O)c1. The Morgan fingerprint density at radius 2 is 1.70 bits per heavy atom. The van der Waals surface area contributed by atoms with Gasteiger partial charge in [-0.05, 0) is 48.1 Å². The molecule has 3 N–H and O–H groups in total. The monoisotopic (exact) mass is 390 g/mol. The number of aryl methyl sites for hydroxylation is 2. The molecule has 0 aliphatic rings. The number of rotatable bonds is 6. The Bertz CT molecular complexity index is 937. The lowest BCUT2D eigenvalue weighted by atomic mass is 9.85. The number of sulfonamides is 1. The van der Waals surface area contributed by atoms with Crippen LogP contribution in [0.1, 0.15) is 37.5 Å². The number of carbonyl (C=O) groups is 1. The molecule has 0 saturated carbocycles. The van der Waals surface area contributed by atoms with Crippen LogP contribution < -0.4 is 15.2 Å². The van der Waals surface area contributed by atoms with Crippen LogP contribution in [0.5, 0.6) is 5.75 Å². The van der Waals surface area contributed by atoms with Crippen LogP contribution in [0.25, 0.3) is 0 Å². The smallest absolute Gasteiger partial charge is 0.262 e. The van der Waals surface area contributed by atoms with E-state index in [0.717, 1.165) is 5.56 Å². The highest BCUT2D eigenvalue weighted by atomic mass is 32.2. The Balaban J connectivity index is 2.35. The van der Waals surface area contributed by atoms with Gasteiger partial charge in [0.15, 0.2) is 6.61 Å². The molecule has 0 saturated heterocycles. The van der Waals surface area contributed by atoms with Crippen molar-refractivity contribution < 1.29 is 17.9 Å². The predicted molar refractivity (Wildman–Crippen MR) is 107 cm³/mol. The Morgan fingerprint density at radius 1 is 1.11 bits per heavy atom. The van der Waals surface area contributed by atoms with E-state index in [1.54, 1.807) is 32.0 Å². The quantitative estimate of drug-likeness (QED) is 0.791. The zero-order chi connectivity index (χ0) is 20.4. The number of carbonyl (C=O) groups excluding carboxylic acids is 1. The third-order valence-electron chi connectivity index (χ3n) is 4.06. The van der Waals surface area contributed by atoms with Gasteiger partial charge >= 0.3 is 0 Å². The van der Waals surface area contributed by atoms with Crippen LogP contribution in [-0.2, 0) is 20.2 Å². The topological polar surface area (TPSA) is 98.5 Å². The molecule has 0 fully saturated rings. The second kappa shape index (κ2) is 7.60. The van der Waals surface area contributed by atoms with Gasteiger partial charge in [-0.2, -0.15) is 0 Å². The summed E-state index contributed by atoms with van der Waals surface area (Å²) in [5, 5.41) is 0. The molecule has 0 unspecified atom stereocenters. The van der Waals surface area contributed by atoms with Crippen LogP contribution in [-0.4, -0.2) is 20.9 Å². The first-order valence-corrected chi connectivity index (χ1v) is 10.0. The van der Waals surface area contributed by atoms with Crippen molar-refractivity contribution in [3.05, 3.63) is 53.1 Å². The fourth-order valence-corrected chi connectivity index (χ4v) is 4.32. The first-order valence-electron chi connectivity index (χ1n) is 8.56. The van der Waals surface area contributed by atoms with Crippen molar-refractivity contribution in [2.45, 2.75) is 44.9 Å². The maximum Gasteiger partial charge on any atom is 0.262 e. The third-order valence-corrected chi connectivity index (χ3v) is 5.75. The lowest BCUT2D eigenvalue weighted by Crippen LogP contribution is -2.20. The zero-order valence-electron chi connectivity index (χ0n) is 16.3. The summed E-state index contributed by atoms with van der Waals surface area (Å²) >= 11 is 0. The van der Waals surface area contributed by atoms with Crippen LogP contribution in [0.15, 0.2) is 41.3 Å². The van der Waals surface area contributed by atoms with E-state index in [0.29, 0.717) is 22.6 Å². The summed E-state index contributed by atoms with van der Waals surface area (Å²) in [6.07, 6.45) is 0. The van der Waals surface area contributed by atoms with E-state index in [4.69, 9.17) is 10.5 Å². The average molecular weight is 391 g/mol. The molecule has 0 aliphatic carbocycles. The number of nitrogens with one attached hydrogen (secondary N) is 1. The Kier molecular flexibility index (Phi) is 5.85. The Hall–Kier alpha value is -2.54. The highest BCUT2D eigenvalue weighted by molar-refractivity contribution is 7.92. The molecule has 2 aromatic rings. The van der Waals surface area contributed by atoms with Gasteiger partial charge in [0, 0.05) is 6.07 Å². The number of amides is 1. The van der Waals surface area contributed by atoms with Gasteiger partial charge in [0.05, 0.1) is 10.6 Å². The van der Waals surface area contributed by atoms with Crippen molar-refractivity contribution in [2.75, 3.05) is 11.3 Å². The number of benzene rings is 2. The van der Waals surface area contributed by atoms with Gasteiger partial charge in [-0.1, -0.05) is 39.0 Å². The van der Waals surface area contributed by atoms with Crippen molar-refractivity contribution in [3.8, 4) is 5.75 Å². The Morgan fingerprint density at radius 3 is 2.22 bits per heavy atom. The minimum Gasteiger partial charge on any atom is -0.484 e. The molecule has 0 radical (unpaired) electrons. The number of primary amides is 1. The van der Waals surface area contributed by atoms with Gasteiger partial charge in [-0.3, -0.25) is 9.52 Å². The van der Waals surface area contributed by atoms with Gasteiger partial charge in [0.2, 0.25) is 0 Å². The number of anilines is 1. The summed E-state index contributed by atoms with van der Waals surface area (Å²) < 4.78 is 33.7. The predicted octanol–water partition coefficient (Wildman–Crippen LogP) is 3.27. The molecule has 2 rings (SSSR count). The molecule has 146 valence electrons. The highest BCUT2D eigenvalue weighted by Crippen LogP contribution is 2.30. The minimum absolute atomic E-state index is 0.0721. The average Bonchev–Trinajstić information content (AvgIpc) is 2.51. The van der Waals surface area contributed by atoms with Crippen molar-refractivity contribution in [3.63, 3.8) is 0 Å². The zero-order valence-corrected chi connectivity index (χ0v) is 17.1. The van der Waals surface area contributed by atoms with Crippen LogP contribution in [0, 0.1) is 13.8 Å². The van der Waals surface area contributed by atoms with Gasteiger partial charge in [-0.15, -0.1) is 0 Å². The molecule has 0 spiro atoms. The molecule has 6 nitrogen and oxygen atoms in total. The third kappa shape index (κ3) is 5.23. The minimum atomic E-state index is -3.78. The molecule has 27 heavy (non-hydrogen) atoms. The molecule has 0 atom stereocenters. The van der Waals surface area contributed by atoms with E-state index in [1.807, 2.05) is 12.1 Å². The summed E-state index contributed by atoms with van der Waals surface area (Å²) in [7, 11) is -3.78. The van der Waals surface area contributed by atoms with Crippen LogP contribution in [0.2, 0.25) is 0 Å². The standard InChI is InChI=1S/C20H26N2O4S/c1-13-9-15(20(3,4)5)10-14(2)19(13)27(24,25)22-16-7-6-8-17(11-16)26-12-18(21)23/h6-11,22H,12H2,1-5H3,(H2,21,23). The second-order valence-electron chi connectivity index (χ2n) is 7.58. The first-order chi connectivity index (χ1) is 12.4. The fraction of sp³-hybridized carbons (Fsp3) is 0.350. The number of ether oxygens (including phenoxy) is 1. The maximum absolute atomic E-state index is 13.0. The summed E-state index contributed by atoms with van der Waals surface area (Å²) in [6.45, 7) is 9.58. The maximum atomic E-state index is 13.0. The summed E-state index contributed by atoms with van der Waals surface area (Å²) in [6, 6.07) is 10.2. The molecular weight excluding hydrogens is 364 g/mol. The summed E-state index contributed by atoms with van der Waals surface area (Å²) in [5.74, 6) is -0.253. The second-order valence-corrected chi connectivity index (χ2v) is 9.20. The normalized spacial score (nSPS) is 11.9. The van der Waals surface area contributed by atoms with E-state index < -0.39 is 15.9 Å². The Labute approximate surface area is 160 Å². The van der Waals surface area contributed by atoms with E-state index in [-0.39, 0.29) is 16.9 Å². The molecule has 0 aromatic heterocycles. The largest absolute Gasteiger partial charge is 0.484 e. The molecular formula is C20H26N2O4S. The molecule has 0 aliphatic heterocycles. The fourth-order valence-electron chi connectivity index (χ4n) is 2.82. The van der Waals surface area contributed by atoms with Crippen molar-refractivity contribution in [1.82, 2.24) is 0 Å². The number of hydrogen-bond acceptors (Lipinski definition) is 4. The van der Waals surface area contributed by atoms with Crippen molar-refractivity contribution in [1.29, 1.82) is 0 Å². The van der Waals surface area contributed by atoms with Crippen LogP contribution in [0.4, 0.5) is 5.69 Å². The van der Waals surface area contributed by atoms with Gasteiger partial charge in [0.1, 0.15) is 5.75 Å². The van der Waals surface area contributed by atoms with Crippen molar-refractivity contribution >= 4 is 21.6 Å². The lowest BCUT2D eigenvalue weighted by Gasteiger charge is -2.22. The first kappa shape index (κ1) is 20.8. The lowest BCUT2D eigenvalue weighted by molar-refractivity contribution is -0.119. The van der Waals surface area contributed by atoms with E-state index in [2.05, 4.69) is 25.5 Å². The van der Waals surface area contributed by atoms with E-state index in [1.165, 1.54) is 6.07 Å². The molecule has 0 heterocycles. The molecule has 7 heteroatoms. The van der Waals surface area contributed by atoms with Crippen LogP contribution >= 0.6 is 0 Å². The van der Waals surface area contributed by atoms with E-state index in [9.17, 15) is 13.2 Å². The summed E-state index contributed by atoms with van der Waals surface area (Å²) in [4.78, 5) is 11.1. The number of nitrogens with two attached hydrogens (primary N) is 1. The summed E-state index contributed by atoms with van der Waals surface area (Å²) in [5.41, 5.74) is 7.79. The van der Waals surface area contributed by atoms with Crippen molar-refractivity contribution in [2.24, 2.45) is 5.73 Å². The number of hydrogen-bond donors (Lipinski definition) is 2. The van der Waals surface area contributed by atoms with E-state index >= 15 is 0 Å². The van der Waals surface area contributed by atoms with Crippen LogP contribution in [0.3, 0.4) is 0 Å². The molecule has 1 amide bonds. The van der Waals surface area contributed by atoms with Gasteiger partial charge in [0.25, 0.3) is 15.9 Å². The highest BCUT2D eigenvalue weighted by Gasteiger charge is 2.23.